The molecule has 3 aromatic rings. The summed E-state index contributed by atoms with van der Waals surface area (Å²) in [6.45, 7) is 1.98. The summed E-state index contributed by atoms with van der Waals surface area (Å²) in [5.74, 6) is 0.565. The predicted molar refractivity (Wildman–Crippen MR) is 106 cm³/mol. The van der Waals surface area contributed by atoms with Gasteiger partial charge >= 0.3 is 0 Å². The highest BCUT2D eigenvalue weighted by atomic mass is 35.5. The molecular formula is C20H16ClN3O4. The van der Waals surface area contributed by atoms with Gasteiger partial charge in [0.2, 0.25) is 5.91 Å². The van der Waals surface area contributed by atoms with Gasteiger partial charge in [-0.2, -0.15) is 5.10 Å². The molecule has 1 N–H and O–H groups in total. The van der Waals surface area contributed by atoms with Gasteiger partial charge in [-0.1, -0.05) is 41.4 Å². The molecule has 3 rings (SSSR count). The summed E-state index contributed by atoms with van der Waals surface area (Å²) in [5.41, 5.74) is 4.77. The number of carbonyl (C=O) groups is 1. The van der Waals surface area contributed by atoms with Crippen molar-refractivity contribution in [2.45, 2.75) is 13.3 Å². The number of rotatable bonds is 6. The van der Waals surface area contributed by atoms with Crippen LogP contribution < -0.4 is 5.43 Å². The molecule has 0 aliphatic heterocycles. The average molecular weight is 398 g/mol. The highest BCUT2D eigenvalue weighted by Gasteiger charge is 2.15. The number of furan rings is 1. The molecule has 28 heavy (non-hydrogen) atoms. The third kappa shape index (κ3) is 4.83. The first-order valence-corrected chi connectivity index (χ1v) is 8.72. The van der Waals surface area contributed by atoms with Crippen molar-refractivity contribution in [3.8, 4) is 11.3 Å². The van der Waals surface area contributed by atoms with Crippen molar-refractivity contribution in [2.75, 3.05) is 0 Å². The zero-order chi connectivity index (χ0) is 20.1. The number of carbonyl (C=O) groups excluding carboxylic acids is 1. The van der Waals surface area contributed by atoms with Gasteiger partial charge in [0, 0.05) is 11.6 Å². The average Bonchev–Trinajstić information content (AvgIpc) is 3.12. The molecule has 0 aliphatic rings. The lowest BCUT2D eigenvalue weighted by Gasteiger charge is -2.01. The largest absolute Gasteiger partial charge is 0.455 e. The van der Waals surface area contributed by atoms with Gasteiger partial charge in [0.05, 0.1) is 17.6 Å². The molecule has 0 atom stereocenters. The molecule has 0 saturated carbocycles. The third-order valence-electron chi connectivity index (χ3n) is 3.92. The van der Waals surface area contributed by atoms with Crippen molar-refractivity contribution >= 4 is 29.4 Å². The molecule has 1 aromatic heterocycles. The normalized spacial score (nSPS) is 10.9. The maximum absolute atomic E-state index is 11.9. The summed E-state index contributed by atoms with van der Waals surface area (Å²) in [7, 11) is 0. The van der Waals surface area contributed by atoms with Crippen molar-refractivity contribution in [2.24, 2.45) is 5.10 Å². The highest BCUT2D eigenvalue weighted by molar-refractivity contribution is 6.32. The molecule has 0 radical (unpaired) electrons. The van der Waals surface area contributed by atoms with Gasteiger partial charge in [-0.05, 0) is 36.8 Å². The zero-order valence-corrected chi connectivity index (χ0v) is 15.6. The maximum Gasteiger partial charge on any atom is 0.288 e. The summed E-state index contributed by atoms with van der Waals surface area (Å²) >= 11 is 5.81. The van der Waals surface area contributed by atoms with Gasteiger partial charge in [-0.3, -0.25) is 14.9 Å². The first-order valence-electron chi connectivity index (χ1n) is 8.34. The number of hydrogen-bond acceptors (Lipinski definition) is 5. The Hall–Kier alpha value is -3.45. The van der Waals surface area contributed by atoms with E-state index in [2.05, 4.69) is 10.5 Å². The summed E-state index contributed by atoms with van der Waals surface area (Å²) in [6, 6.07) is 15.4. The van der Waals surface area contributed by atoms with Gasteiger partial charge in [0.15, 0.2) is 0 Å². The quantitative estimate of drug-likeness (QED) is 0.376. The molecule has 8 heteroatoms. The van der Waals surface area contributed by atoms with Crippen molar-refractivity contribution in [1.82, 2.24) is 5.43 Å². The fourth-order valence-corrected chi connectivity index (χ4v) is 2.67. The number of halogens is 1. The molecule has 1 amide bonds. The Kier molecular flexibility index (Phi) is 5.86. The summed E-state index contributed by atoms with van der Waals surface area (Å²) < 4.78 is 5.59. The zero-order valence-electron chi connectivity index (χ0n) is 14.9. The van der Waals surface area contributed by atoms with E-state index in [4.69, 9.17) is 16.0 Å². The molecule has 0 saturated heterocycles. The number of nitro benzene ring substituents is 1. The van der Waals surface area contributed by atoms with Crippen LogP contribution in [0.5, 0.6) is 0 Å². The topological polar surface area (TPSA) is 97.7 Å². The number of nitrogens with one attached hydrogen (secondary N) is 1. The fourth-order valence-electron chi connectivity index (χ4n) is 2.48. The van der Waals surface area contributed by atoms with Gasteiger partial charge in [-0.25, -0.2) is 5.43 Å². The molecule has 0 fully saturated rings. The van der Waals surface area contributed by atoms with Crippen LogP contribution in [0.3, 0.4) is 0 Å². The van der Waals surface area contributed by atoms with E-state index in [-0.39, 0.29) is 23.0 Å². The molecule has 142 valence electrons. The van der Waals surface area contributed by atoms with Crippen LogP contribution in [0.1, 0.15) is 16.9 Å². The van der Waals surface area contributed by atoms with Crippen LogP contribution in [0, 0.1) is 17.0 Å². The van der Waals surface area contributed by atoms with Gasteiger partial charge in [0.25, 0.3) is 5.69 Å². The smallest absolute Gasteiger partial charge is 0.288 e. The summed E-state index contributed by atoms with van der Waals surface area (Å²) in [6.07, 6.45) is 1.58. The second kappa shape index (κ2) is 8.49. The Morgan fingerprint density at radius 2 is 1.96 bits per heavy atom. The summed E-state index contributed by atoms with van der Waals surface area (Å²) in [5, 5.41) is 14.9. The van der Waals surface area contributed by atoms with E-state index in [1.807, 2.05) is 31.2 Å². The van der Waals surface area contributed by atoms with E-state index in [0.717, 1.165) is 11.1 Å². The molecule has 0 unspecified atom stereocenters. The number of amides is 1. The second-order valence-corrected chi connectivity index (χ2v) is 6.49. The van der Waals surface area contributed by atoms with E-state index in [1.54, 1.807) is 18.2 Å². The SMILES string of the molecule is Cc1ccc(CC(=O)N/N=C\c2ccc(-c3ccc(Cl)c([N+](=O)[O-])c3)o2)cc1. The van der Waals surface area contributed by atoms with E-state index >= 15 is 0 Å². The minimum atomic E-state index is -0.555. The maximum atomic E-state index is 11.9. The third-order valence-corrected chi connectivity index (χ3v) is 4.24. The standard InChI is InChI=1S/C20H16ClN3O4/c1-13-2-4-14(5-3-13)10-20(25)23-22-12-16-7-9-19(28-16)15-6-8-17(21)18(11-15)24(26)27/h2-9,11-12H,10H2,1H3,(H,23,25)/b22-12-. The molecule has 2 aromatic carbocycles. The Morgan fingerprint density at radius 1 is 1.21 bits per heavy atom. The molecule has 7 nitrogen and oxygen atoms in total. The lowest BCUT2D eigenvalue weighted by Crippen LogP contribution is -2.19. The Labute approximate surface area is 165 Å². The highest BCUT2D eigenvalue weighted by Crippen LogP contribution is 2.30. The van der Waals surface area contributed by atoms with Crippen LogP contribution in [-0.4, -0.2) is 17.0 Å². The van der Waals surface area contributed by atoms with Crippen LogP contribution in [0.2, 0.25) is 5.02 Å². The molecular weight excluding hydrogens is 382 g/mol. The van der Waals surface area contributed by atoms with E-state index < -0.39 is 4.92 Å². The number of hydrazone groups is 1. The number of nitrogens with zero attached hydrogens (tertiary/aromatic N) is 2. The summed E-state index contributed by atoms with van der Waals surface area (Å²) in [4.78, 5) is 22.4. The minimum absolute atomic E-state index is 0.0541. The van der Waals surface area contributed by atoms with Crippen LogP contribution in [0.15, 0.2) is 64.1 Å². The minimum Gasteiger partial charge on any atom is -0.455 e. The fraction of sp³-hybridized carbons (Fsp3) is 0.100. The second-order valence-electron chi connectivity index (χ2n) is 6.08. The van der Waals surface area contributed by atoms with E-state index in [9.17, 15) is 14.9 Å². The first kappa shape index (κ1) is 19.3. The number of aryl methyl sites for hydroxylation is 1. The Morgan fingerprint density at radius 3 is 2.68 bits per heavy atom. The van der Waals surface area contributed by atoms with Crippen molar-refractivity contribution in [3.05, 3.63) is 86.6 Å². The Balaban J connectivity index is 1.62. The lowest BCUT2D eigenvalue weighted by molar-refractivity contribution is -0.384. The van der Waals surface area contributed by atoms with Crippen molar-refractivity contribution < 1.29 is 14.1 Å². The Bertz CT molecular complexity index is 1040. The van der Waals surface area contributed by atoms with Gasteiger partial charge in [-0.15, -0.1) is 0 Å². The molecule has 0 spiro atoms. The molecule has 1 heterocycles. The van der Waals surface area contributed by atoms with Crippen molar-refractivity contribution in [3.63, 3.8) is 0 Å². The van der Waals surface area contributed by atoms with Crippen molar-refractivity contribution in [1.29, 1.82) is 0 Å². The number of hydrogen-bond donors (Lipinski definition) is 1. The van der Waals surface area contributed by atoms with Gasteiger partial charge in [0.1, 0.15) is 16.5 Å². The van der Waals surface area contributed by atoms with Crippen LogP contribution in [0.4, 0.5) is 5.69 Å². The number of benzene rings is 2. The lowest BCUT2D eigenvalue weighted by atomic mass is 10.1. The van der Waals surface area contributed by atoms with E-state index in [1.165, 1.54) is 18.3 Å². The molecule has 0 aliphatic carbocycles. The van der Waals surface area contributed by atoms with Crippen LogP contribution in [0.25, 0.3) is 11.3 Å². The monoisotopic (exact) mass is 397 g/mol. The van der Waals surface area contributed by atoms with Crippen LogP contribution >= 0.6 is 11.6 Å². The molecule has 0 bridgehead atoms. The van der Waals surface area contributed by atoms with Gasteiger partial charge < -0.3 is 4.42 Å². The number of nitro groups is 1. The first-order chi connectivity index (χ1) is 13.4. The van der Waals surface area contributed by atoms with E-state index in [0.29, 0.717) is 17.1 Å². The van der Waals surface area contributed by atoms with Crippen LogP contribution in [-0.2, 0) is 11.2 Å². The predicted octanol–water partition coefficient (Wildman–Crippen LogP) is 4.51.